The zero-order valence-electron chi connectivity index (χ0n) is 5.28. The van der Waals surface area contributed by atoms with E-state index in [1.807, 2.05) is 0 Å². The minimum atomic E-state index is -2.68. The molecule has 0 saturated carbocycles. The first-order chi connectivity index (χ1) is 3.97. The largest absolute Gasteiger partial charge is 0.397 e. The van der Waals surface area contributed by atoms with Crippen LogP contribution in [0, 0.1) is 0 Å². The monoisotopic (exact) mass is 139 g/mol. The second-order valence-electron chi connectivity index (χ2n) is 1.29. The van der Waals surface area contributed by atoms with Crippen molar-refractivity contribution in [2.45, 2.75) is 12.9 Å². The van der Waals surface area contributed by atoms with Gasteiger partial charge in [-0.1, -0.05) is 0 Å². The standard InChI is InChI=1S/C2H7NO3.C2H6O/c3-1-2(4,5)6;1-2-3/h4-6H,1,3H2;3H,2H2,1H3. The Bertz CT molecular complexity index is 51.0. The topological polar surface area (TPSA) is 107 Å². The van der Waals surface area contributed by atoms with Crippen LogP contribution < -0.4 is 5.73 Å². The minimum Gasteiger partial charge on any atom is -0.397 e. The van der Waals surface area contributed by atoms with Gasteiger partial charge in [0.2, 0.25) is 0 Å². The van der Waals surface area contributed by atoms with Crippen LogP contribution in [0.3, 0.4) is 0 Å². The third-order valence-corrected chi connectivity index (χ3v) is 0.274. The van der Waals surface area contributed by atoms with Crippen LogP contribution >= 0.6 is 0 Å². The molecule has 6 N–H and O–H groups in total. The molecule has 0 bridgehead atoms. The van der Waals surface area contributed by atoms with E-state index < -0.39 is 12.5 Å². The van der Waals surface area contributed by atoms with Crippen LogP contribution in [-0.2, 0) is 0 Å². The summed E-state index contributed by atoms with van der Waals surface area (Å²) in [6, 6.07) is 0. The van der Waals surface area contributed by atoms with Crippen molar-refractivity contribution in [1.82, 2.24) is 0 Å². The summed E-state index contributed by atoms with van der Waals surface area (Å²) >= 11 is 0. The smallest absolute Gasteiger partial charge is 0.288 e. The van der Waals surface area contributed by atoms with Crippen LogP contribution in [-0.4, -0.2) is 39.6 Å². The van der Waals surface area contributed by atoms with Gasteiger partial charge >= 0.3 is 0 Å². The van der Waals surface area contributed by atoms with Crippen molar-refractivity contribution in [3.8, 4) is 0 Å². The van der Waals surface area contributed by atoms with E-state index in [4.69, 9.17) is 20.4 Å². The first-order valence-electron chi connectivity index (χ1n) is 2.46. The van der Waals surface area contributed by atoms with Crippen LogP contribution in [0.25, 0.3) is 0 Å². The Morgan fingerprint density at radius 3 is 1.44 bits per heavy atom. The zero-order chi connectivity index (χ0) is 7.91. The quantitative estimate of drug-likeness (QED) is 0.260. The highest BCUT2D eigenvalue weighted by molar-refractivity contribution is 4.41. The summed E-state index contributed by atoms with van der Waals surface area (Å²) in [4.78, 5) is 0. The molecule has 0 saturated heterocycles. The third-order valence-electron chi connectivity index (χ3n) is 0.274. The van der Waals surface area contributed by atoms with Crippen molar-refractivity contribution in [1.29, 1.82) is 0 Å². The van der Waals surface area contributed by atoms with E-state index in [0.717, 1.165) is 0 Å². The normalized spacial score (nSPS) is 10.0. The van der Waals surface area contributed by atoms with E-state index in [1.54, 1.807) is 6.92 Å². The van der Waals surface area contributed by atoms with E-state index in [1.165, 1.54) is 0 Å². The van der Waals surface area contributed by atoms with Gasteiger partial charge in [-0.15, -0.1) is 0 Å². The van der Waals surface area contributed by atoms with Crippen LogP contribution in [0.4, 0.5) is 0 Å². The maximum absolute atomic E-state index is 7.81. The molecular formula is C4H13NO4. The average molecular weight is 139 g/mol. The maximum Gasteiger partial charge on any atom is 0.288 e. The Hall–Kier alpha value is -0.200. The van der Waals surface area contributed by atoms with E-state index in [-0.39, 0.29) is 6.61 Å². The molecular weight excluding hydrogens is 126 g/mol. The molecule has 0 aromatic rings. The molecule has 0 aromatic heterocycles. The lowest BCUT2D eigenvalue weighted by atomic mass is 10.6. The molecule has 0 amide bonds. The molecule has 0 aliphatic heterocycles. The fraction of sp³-hybridized carbons (Fsp3) is 1.00. The summed E-state index contributed by atoms with van der Waals surface area (Å²) in [7, 11) is 0. The van der Waals surface area contributed by atoms with Crippen LogP contribution in [0.2, 0.25) is 0 Å². The number of hydrogen-bond donors (Lipinski definition) is 5. The Morgan fingerprint density at radius 2 is 1.44 bits per heavy atom. The van der Waals surface area contributed by atoms with E-state index in [9.17, 15) is 0 Å². The second-order valence-corrected chi connectivity index (χ2v) is 1.29. The SMILES string of the molecule is CCO.NCC(O)(O)O. The van der Waals surface area contributed by atoms with Gasteiger partial charge in [-0.25, -0.2) is 0 Å². The second kappa shape index (κ2) is 5.93. The van der Waals surface area contributed by atoms with Gasteiger partial charge in [-0.2, -0.15) is 0 Å². The third kappa shape index (κ3) is 33.5. The molecule has 9 heavy (non-hydrogen) atoms. The first kappa shape index (κ1) is 11.6. The number of nitrogens with two attached hydrogens (primary N) is 1. The summed E-state index contributed by atoms with van der Waals surface area (Å²) < 4.78 is 0. The molecule has 0 spiro atoms. The number of aliphatic hydroxyl groups excluding tert-OH is 1. The van der Waals surface area contributed by atoms with Gasteiger partial charge in [0.1, 0.15) is 0 Å². The van der Waals surface area contributed by atoms with E-state index in [0.29, 0.717) is 0 Å². The van der Waals surface area contributed by atoms with Gasteiger partial charge in [-0.05, 0) is 6.92 Å². The summed E-state index contributed by atoms with van der Waals surface area (Å²) in [5, 5.41) is 31.0. The number of aliphatic hydroxyl groups is 4. The molecule has 0 fully saturated rings. The average Bonchev–Trinajstić information content (AvgIpc) is 1.67. The minimum absolute atomic E-state index is 0.250. The van der Waals surface area contributed by atoms with Crippen LogP contribution in [0.1, 0.15) is 6.92 Å². The van der Waals surface area contributed by atoms with Gasteiger partial charge in [0.25, 0.3) is 5.97 Å². The number of hydrogen-bond acceptors (Lipinski definition) is 5. The predicted octanol–water partition coefficient (Wildman–Crippen LogP) is -2.43. The molecule has 0 aliphatic carbocycles. The molecule has 0 aromatic carbocycles. The fourth-order valence-electron chi connectivity index (χ4n) is 0. The Balaban J connectivity index is 0. The lowest BCUT2D eigenvalue weighted by Crippen LogP contribution is -2.36. The molecule has 58 valence electrons. The van der Waals surface area contributed by atoms with Crippen molar-refractivity contribution < 1.29 is 20.4 Å². The molecule has 0 rings (SSSR count). The molecule has 0 heterocycles. The van der Waals surface area contributed by atoms with Crippen LogP contribution in [0.15, 0.2) is 0 Å². The Morgan fingerprint density at radius 1 is 1.33 bits per heavy atom. The fourth-order valence-corrected chi connectivity index (χ4v) is 0. The summed E-state index contributed by atoms with van der Waals surface area (Å²) in [5.41, 5.74) is 4.56. The summed E-state index contributed by atoms with van der Waals surface area (Å²) in [6.45, 7) is 1.37. The summed E-state index contributed by atoms with van der Waals surface area (Å²) in [6.07, 6.45) is 0. The van der Waals surface area contributed by atoms with E-state index >= 15 is 0 Å². The highest BCUT2D eigenvalue weighted by Gasteiger charge is 2.12. The van der Waals surface area contributed by atoms with Crippen molar-refractivity contribution in [2.24, 2.45) is 5.73 Å². The van der Waals surface area contributed by atoms with Crippen LogP contribution in [0.5, 0.6) is 0 Å². The molecule has 5 heteroatoms. The molecule has 5 nitrogen and oxygen atoms in total. The lowest BCUT2D eigenvalue weighted by Gasteiger charge is -2.07. The molecule has 0 radical (unpaired) electrons. The first-order valence-corrected chi connectivity index (χ1v) is 2.46. The molecule has 0 atom stereocenters. The Labute approximate surface area is 53.4 Å². The van der Waals surface area contributed by atoms with Crippen molar-refractivity contribution in [3.63, 3.8) is 0 Å². The summed E-state index contributed by atoms with van der Waals surface area (Å²) in [5.74, 6) is -2.68. The Kier molecular flexibility index (Phi) is 7.63. The van der Waals surface area contributed by atoms with Crippen molar-refractivity contribution in [2.75, 3.05) is 13.2 Å². The van der Waals surface area contributed by atoms with E-state index in [2.05, 4.69) is 5.73 Å². The van der Waals surface area contributed by atoms with Crippen molar-refractivity contribution >= 4 is 0 Å². The number of rotatable bonds is 1. The lowest BCUT2D eigenvalue weighted by molar-refractivity contribution is -0.302. The van der Waals surface area contributed by atoms with Gasteiger partial charge < -0.3 is 26.2 Å². The highest BCUT2D eigenvalue weighted by atomic mass is 16.7. The maximum atomic E-state index is 7.81. The highest BCUT2D eigenvalue weighted by Crippen LogP contribution is 1.82. The molecule has 0 aliphatic rings. The zero-order valence-corrected chi connectivity index (χ0v) is 5.28. The van der Waals surface area contributed by atoms with Crippen molar-refractivity contribution in [3.05, 3.63) is 0 Å². The predicted molar refractivity (Wildman–Crippen MR) is 31.2 cm³/mol. The molecule has 0 unspecified atom stereocenters. The van der Waals surface area contributed by atoms with Gasteiger partial charge in [0, 0.05) is 6.61 Å². The van der Waals surface area contributed by atoms with Gasteiger partial charge in [0.15, 0.2) is 0 Å². The van der Waals surface area contributed by atoms with Gasteiger partial charge in [0.05, 0.1) is 6.54 Å². The van der Waals surface area contributed by atoms with Gasteiger partial charge in [-0.3, -0.25) is 0 Å².